The number of pyridine rings is 1. The van der Waals surface area contributed by atoms with Crippen molar-refractivity contribution in [3.8, 4) is 0 Å². The summed E-state index contributed by atoms with van der Waals surface area (Å²) >= 11 is 0. The highest BCUT2D eigenvalue weighted by Gasteiger charge is 2.32. The van der Waals surface area contributed by atoms with Crippen LogP contribution in [0.3, 0.4) is 0 Å². The Labute approximate surface area is 78.6 Å². The lowest BCUT2D eigenvalue weighted by molar-refractivity contribution is 0.136. The van der Waals surface area contributed by atoms with E-state index in [1.54, 1.807) is 6.20 Å². The Morgan fingerprint density at radius 2 is 2.31 bits per heavy atom. The van der Waals surface area contributed by atoms with E-state index >= 15 is 0 Å². The van der Waals surface area contributed by atoms with Crippen molar-refractivity contribution < 1.29 is 5.11 Å². The predicted molar refractivity (Wildman–Crippen MR) is 51.4 cm³/mol. The molecule has 1 saturated carbocycles. The molecule has 1 aromatic rings. The third-order valence-electron chi connectivity index (χ3n) is 3.13. The summed E-state index contributed by atoms with van der Waals surface area (Å²) in [5, 5.41) is 9.61. The Balaban J connectivity index is 2.19. The SMILES string of the molecule is CC1C(O)CCC1c1cccnc1. The molecule has 2 rings (SSSR count). The molecule has 2 heteroatoms. The summed E-state index contributed by atoms with van der Waals surface area (Å²) in [6, 6.07) is 4.07. The third-order valence-corrected chi connectivity index (χ3v) is 3.13. The van der Waals surface area contributed by atoms with E-state index in [9.17, 15) is 5.11 Å². The van der Waals surface area contributed by atoms with Crippen LogP contribution in [0.25, 0.3) is 0 Å². The van der Waals surface area contributed by atoms with E-state index in [1.807, 2.05) is 12.3 Å². The van der Waals surface area contributed by atoms with Gasteiger partial charge in [-0.3, -0.25) is 4.98 Å². The van der Waals surface area contributed by atoms with E-state index in [-0.39, 0.29) is 6.10 Å². The topological polar surface area (TPSA) is 33.1 Å². The molecule has 0 bridgehead atoms. The fourth-order valence-electron chi connectivity index (χ4n) is 2.21. The second-order valence-electron chi connectivity index (χ2n) is 3.90. The Morgan fingerprint density at radius 1 is 1.46 bits per heavy atom. The average molecular weight is 177 g/mol. The van der Waals surface area contributed by atoms with E-state index in [4.69, 9.17) is 0 Å². The quantitative estimate of drug-likeness (QED) is 0.711. The maximum Gasteiger partial charge on any atom is 0.0571 e. The first-order valence-electron chi connectivity index (χ1n) is 4.87. The molecule has 3 atom stereocenters. The van der Waals surface area contributed by atoms with Crippen LogP contribution in [0.2, 0.25) is 0 Å². The number of aromatic nitrogens is 1. The molecule has 0 aliphatic heterocycles. The first kappa shape index (κ1) is 8.70. The minimum atomic E-state index is -0.120. The summed E-state index contributed by atoms with van der Waals surface area (Å²) in [6.45, 7) is 2.12. The van der Waals surface area contributed by atoms with Crippen molar-refractivity contribution >= 4 is 0 Å². The minimum absolute atomic E-state index is 0.120. The molecule has 0 spiro atoms. The second-order valence-corrected chi connectivity index (χ2v) is 3.90. The molecule has 0 radical (unpaired) electrons. The van der Waals surface area contributed by atoms with Gasteiger partial charge in [-0.1, -0.05) is 13.0 Å². The van der Waals surface area contributed by atoms with Gasteiger partial charge in [0.1, 0.15) is 0 Å². The van der Waals surface area contributed by atoms with Crippen molar-refractivity contribution in [3.05, 3.63) is 30.1 Å². The van der Waals surface area contributed by atoms with Crippen LogP contribution in [0, 0.1) is 5.92 Å². The largest absolute Gasteiger partial charge is 0.393 e. The highest BCUT2D eigenvalue weighted by Crippen LogP contribution is 2.38. The van der Waals surface area contributed by atoms with Crippen LogP contribution < -0.4 is 0 Å². The van der Waals surface area contributed by atoms with Gasteiger partial charge in [0, 0.05) is 12.4 Å². The lowest BCUT2D eigenvalue weighted by atomic mass is 9.91. The summed E-state index contributed by atoms with van der Waals surface area (Å²) in [4.78, 5) is 4.11. The number of hydrogen-bond acceptors (Lipinski definition) is 2. The van der Waals surface area contributed by atoms with Gasteiger partial charge in [0.2, 0.25) is 0 Å². The summed E-state index contributed by atoms with van der Waals surface area (Å²) in [5.41, 5.74) is 1.27. The van der Waals surface area contributed by atoms with Gasteiger partial charge in [0.05, 0.1) is 6.10 Å². The zero-order chi connectivity index (χ0) is 9.26. The Morgan fingerprint density at radius 3 is 2.85 bits per heavy atom. The Hall–Kier alpha value is -0.890. The van der Waals surface area contributed by atoms with Crippen LogP contribution in [0.5, 0.6) is 0 Å². The molecule has 1 N–H and O–H groups in total. The highest BCUT2D eigenvalue weighted by atomic mass is 16.3. The van der Waals surface area contributed by atoms with Gasteiger partial charge in [0.15, 0.2) is 0 Å². The van der Waals surface area contributed by atoms with Crippen LogP contribution in [-0.4, -0.2) is 16.2 Å². The van der Waals surface area contributed by atoms with Gasteiger partial charge in [-0.25, -0.2) is 0 Å². The van der Waals surface area contributed by atoms with Crippen LogP contribution >= 0.6 is 0 Å². The monoisotopic (exact) mass is 177 g/mol. The molecular weight excluding hydrogens is 162 g/mol. The van der Waals surface area contributed by atoms with Crippen molar-refractivity contribution in [2.75, 3.05) is 0 Å². The van der Waals surface area contributed by atoms with Gasteiger partial charge in [-0.05, 0) is 36.3 Å². The van der Waals surface area contributed by atoms with E-state index in [0.717, 1.165) is 12.8 Å². The first-order chi connectivity index (χ1) is 6.29. The van der Waals surface area contributed by atoms with E-state index in [1.165, 1.54) is 5.56 Å². The van der Waals surface area contributed by atoms with E-state index in [2.05, 4.69) is 18.0 Å². The molecule has 3 unspecified atom stereocenters. The Bertz CT molecular complexity index is 273. The average Bonchev–Trinajstić information content (AvgIpc) is 2.49. The number of aliphatic hydroxyl groups is 1. The zero-order valence-corrected chi connectivity index (χ0v) is 7.85. The standard InChI is InChI=1S/C11H15NO/c1-8-10(4-5-11(8)13)9-3-2-6-12-7-9/h2-3,6-8,10-11,13H,4-5H2,1H3. The number of nitrogens with zero attached hydrogens (tertiary/aromatic N) is 1. The highest BCUT2D eigenvalue weighted by molar-refractivity contribution is 5.17. The molecule has 1 aliphatic carbocycles. The third kappa shape index (κ3) is 1.59. The molecule has 0 aromatic carbocycles. The van der Waals surface area contributed by atoms with Crippen LogP contribution in [0.15, 0.2) is 24.5 Å². The maximum absolute atomic E-state index is 9.61. The van der Waals surface area contributed by atoms with E-state index in [0.29, 0.717) is 11.8 Å². The van der Waals surface area contributed by atoms with Crippen LogP contribution in [-0.2, 0) is 0 Å². The molecule has 13 heavy (non-hydrogen) atoms. The molecule has 1 heterocycles. The van der Waals surface area contributed by atoms with Gasteiger partial charge in [0.25, 0.3) is 0 Å². The zero-order valence-electron chi connectivity index (χ0n) is 7.85. The first-order valence-corrected chi connectivity index (χ1v) is 4.87. The summed E-state index contributed by atoms with van der Waals surface area (Å²) in [6.07, 6.45) is 5.61. The van der Waals surface area contributed by atoms with Gasteiger partial charge < -0.3 is 5.11 Å². The van der Waals surface area contributed by atoms with Crippen molar-refractivity contribution in [1.29, 1.82) is 0 Å². The predicted octanol–water partition coefficient (Wildman–Crippen LogP) is 1.96. The summed E-state index contributed by atoms with van der Waals surface area (Å²) < 4.78 is 0. The van der Waals surface area contributed by atoms with E-state index < -0.39 is 0 Å². The molecule has 70 valence electrons. The molecule has 0 amide bonds. The number of rotatable bonds is 1. The smallest absolute Gasteiger partial charge is 0.0571 e. The molecule has 1 fully saturated rings. The van der Waals surface area contributed by atoms with Crippen molar-refractivity contribution in [3.63, 3.8) is 0 Å². The van der Waals surface area contributed by atoms with Gasteiger partial charge in [-0.15, -0.1) is 0 Å². The molecule has 1 aliphatic rings. The van der Waals surface area contributed by atoms with Crippen molar-refractivity contribution in [1.82, 2.24) is 4.98 Å². The van der Waals surface area contributed by atoms with Crippen LogP contribution in [0.1, 0.15) is 31.2 Å². The van der Waals surface area contributed by atoms with Gasteiger partial charge in [-0.2, -0.15) is 0 Å². The number of hydrogen-bond donors (Lipinski definition) is 1. The second kappa shape index (κ2) is 3.46. The summed E-state index contributed by atoms with van der Waals surface area (Å²) in [7, 11) is 0. The van der Waals surface area contributed by atoms with Crippen molar-refractivity contribution in [2.45, 2.75) is 31.8 Å². The molecule has 2 nitrogen and oxygen atoms in total. The summed E-state index contributed by atoms with van der Waals surface area (Å²) in [5.74, 6) is 0.882. The molecular formula is C11H15NO. The maximum atomic E-state index is 9.61. The fourth-order valence-corrected chi connectivity index (χ4v) is 2.21. The number of aliphatic hydroxyl groups excluding tert-OH is 1. The van der Waals surface area contributed by atoms with Crippen molar-refractivity contribution in [2.24, 2.45) is 5.92 Å². The lowest BCUT2D eigenvalue weighted by Crippen LogP contribution is -2.14. The lowest BCUT2D eigenvalue weighted by Gasteiger charge is -2.16. The molecule has 1 aromatic heterocycles. The molecule has 0 saturated heterocycles. The minimum Gasteiger partial charge on any atom is -0.393 e. The van der Waals surface area contributed by atoms with Crippen LogP contribution in [0.4, 0.5) is 0 Å². The fraction of sp³-hybridized carbons (Fsp3) is 0.545. The Kier molecular flexibility index (Phi) is 2.32. The normalized spacial score (nSPS) is 33.5. The van der Waals surface area contributed by atoms with Gasteiger partial charge >= 0.3 is 0 Å².